The van der Waals surface area contributed by atoms with Crippen molar-refractivity contribution in [3.63, 3.8) is 0 Å². The first-order valence-electron chi connectivity index (χ1n) is 10.9. The minimum absolute atomic E-state index is 0.00180. The number of carbonyl (C=O) groups is 1. The highest BCUT2D eigenvalue weighted by molar-refractivity contribution is 7.99. The smallest absolute Gasteiger partial charge is 0.270 e. The first-order chi connectivity index (χ1) is 16.5. The summed E-state index contributed by atoms with van der Waals surface area (Å²) in [6.45, 7) is 1.07. The molecule has 1 amide bonds. The highest BCUT2D eigenvalue weighted by Crippen LogP contribution is 2.35. The summed E-state index contributed by atoms with van der Waals surface area (Å²) < 4.78 is 25.8. The van der Waals surface area contributed by atoms with Crippen molar-refractivity contribution in [1.29, 1.82) is 0 Å². The Hall–Kier alpha value is -3.43. The van der Waals surface area contributed by atoms with E-state index in [0.717, 1.165) is 31.0 Å². The van der Waals surface area contributed by atoms with Crippen LogP contribution in [-0.2, 0) is 4.74 Å². The summed E-state index contributed by atoms with van der Waals surface area (Å²) in [5.74, 6) is -0.535. The summed E-state index contributed by atoms with van der Waals surface area (Å²) in [7, 11) is 0. The zero-order valence-electron chi connectivity index (χ0n) is 18.2. The van der Waals surface area contributed by atoms with Crippen LogP contribution < -0.4 is 10.1 Å². The van der Waals surface area contributed by atoms with Crippen LogP contribution in [0.3, 0.4) is 0 Å². The van der Waals surface area contributed by atoms with E-state index in [4.69, 9.17) is 9.47 Å². The third-order valence-electron chi connectivity index (χ3n) is 5.31. The van der Waals surface area contributed by atoms with Gasteiger partial charge in [-0.15, -0.1) is 0 Å². The monoisotopic (exact) mass is 482 g/mol. The van der Waals surface area contributed by atoms with Crippen molar-refractivity contribution in [1.82, 2.24) is 0 Å². The number of para-hydroxylation sites is 2. The number of hydrogen-bond donors (Lipinski definition) is 1. The van der Waals surface area contributed by atoms with Crippen molar-refractivity contribution in [2.45, 2.75) is 35.2 Å². The van der Waals surface area contributed by atoms with E-state index in [9.17, 15) is 19.3 Å². The number of nitrogens with zero attached hydrogens (tertiary/aromatic N) is 1. The maximum Gasteiger partial charge on any atom is 0.270 e. The van der Waals surface area contributed by atoms with Crippen LogP contribution in [0.2, 0.25) is 0 Å². The van der Waals surface area contributed by atoms with Crippen LogP contribution in [0.1, 0.15) is 29.6 Å². The van der Waals surface area contributed by atoms with Gasteiger partial charge in [0, 0.05) is 28.5 Å². The quantitative estimate of drug-likeness (QED) is 0.309. The number of non-ortho nitro benzene ring substituents is 1. The molecule has 176 valence electrons. The van der Waals surface area contributed by atoms with E-state index in [1.165, 1.54) is 24.3 Å². The lowest BCUT2D eigenvalue weighted by Crippen LogP contribution is -2.26. The molecule has 3 aromatic carbocycles. The fraction of sp³-hybridized carbons (Fsp3) is 0.240. The van der Waals surface area contributed by atoms with Gasteiger partial charge >= 0.3 is 0 Å². The molecule has 3 aromatic rings. The van der Waals surface area contributed by atoms with Gasteiger partial charge in [0.2, 0.25) is 0 Å². The standard InChI is InChI=1S/C25H23FN2O5S/c26-20-8-1-4-11-24(20)34-23-13-12-17(28(30)31)15-19(23)25(29)27-21-9-2-3-10-22(21)33-16-18-7-5-6-14-32-18/h1-4,8-13,15,18H,5-7,14,16H2,(H,27,29). The van der Waals surface area contributed by atoms with Crippen molar-refractivity contribution in [3.05, 3.63) is 88.2 Å². The summed E-state index contributed by atoms with van der Waals surface area (Å²) in [6, 6.07) is 17.1. The van der Waals surface area contributed by atoms with Gasteiger partial charge in [0.15, 0.2) is 0 Å². The fourth-order valence-corrected chi connectivity index (χ4v) is 4.50. The Morgan fingerprint density at radius 1 is 1.12 bits per heavy atom. The number of rotatable bonds is 8. The molecular weight excluding hydrogens is 459 g/mol. The van der Waals surface area contributed by atoms with Gasteiger partial charge in [0.1, 0.15) is 18.2 Å². The number of nitrogens with one attached hydrogen (secondary N) is 1. The second-order valence-corrected chi connectivity index (χ2v) is 8.80. The van der Waals surface area contributed by atoms with Crippen LogP contribution in [0.4, 0.5) is 15.8 Å². The Morgan fingerprint density at radius 3 is 2.68 bits per heavy atom. The lowest BCUT2D eigenvalue weighted by Gasteiger charge is -2.23. The molecule has 1 aliphatic heterocycles. The molecule has 1 fully saturated rings. The van der Waals surface area contributed by atoms with Crippen LogP contribution in [0.25, 0.3) is 0 Å². The van der Waals surface area contributed by atoms with Gasteiger partial charge in [-0.1, -0.05) is 36.0 Å². The predicted octanol–water partition coefficient (Wildman–Crippen LogP) is 6.09. The van der Waals surface area contributed by atoms with E-state index >= 15 is 0 Å². The number of ether oxygens (including phenoxy) is 2. The van der Waals surface area contributed by atoms with Crippen LogP contribution >= 0.6 is 11.8 Å². The summed E-state index contributed by atoms with van der Waals surface area (Å²) in [4.78, 5) is 24.7. The molecule has 9 heteroatoms. The molecule has 1 unspecified atom stereocenters. The van der Waals surface area contributed by atoms with Crippen molar-refractivity contribution in [2.24, 2.45) is 0 Å². The van der Waals surface area contributed by atoms with Crippen LogP contribution in [-0.4, -0.2) is 30.1 Å². The molecule has 7 nitrogen and oxygen atoms in total. The number of nitro benzene ring substituents is 1. The van der Waals surface area contributed by atoms with Gasteiger partial charge in [0.25, 0.3) is 11.6 Å². The van der Waals surface area contributed by atoms with Gasteiger partial charge in [-0.25, -0.2) is 4.39 Å². The Kier molecular flexibility index (Phi) is 7.76. The van der Waals surface area contributed by atoms with Gasteiger partial charge in [-0.2, -0.15) is 0 Å². The molecule has 1 aliphatic rings. The molecule has 4 rings (SSSR count). The highest BCUT2D eigenvalue weighted by Gasteiger charge is 2.20. The van der Waals surface area contributed by atoms with E-state index in [1.807, 2.05) is 0 Å². The number of nitro groups is 1. The van der Waals surface area contributed by atoms with Gasteiger partial charge < -0.3 is 14.8 Å². The van der Waals surface area contributed by atoms with Gasteiger partial charge in [-0.05, 0) is 49.6 Å². The zero-order chi connectivity index (χ0) is 23.9. The Labute approximate surface area is 200 Å². The second-order valence-electron chi connectivity index (χ2n) is 7.72. The molecule has 0 bridgehead atoms. The Balaban J connectivity index is 1.57. The minimum Gasteiger partial charge on any atom is -0.489 e. The van der Waals surface area contributed by atoms with Crippen molar-refractivity contribution >= 4 is 29.0 Å². The lowest BCUT2D eigenvalue weighted by molar-refractivity contribution is -0.384. The fourth-order valence-electron chi connectivity index (χ4n) is 3.55. The van der Waals surface area contributed by atoms with Crippen LogP contribution in [0.15, 0.2) is 76.5 Å². The van der Waals surface area contributed by atoms with Gasteiger partial charge in [0.05, 0.1) is 22.3 Å². The predicted molar refractivity (Wildman–Crippen MR) is 127 cm³/mol. The first-order valence-corrected chi connectivity index (χ1v) is 11.7. The topological polar surface area (TPSA) is 90.7 Å². The van der Waals surface area contributed by atoms with Crippen LogP contribution in [0.5, 0.6) is 5.75 Å². The van der Waals surface area contributed by atoms with E-state index in [0.29, 0.717) is 34.4 Å². The zero-order valence-corrected chi connectivity index (χ0v) is 19.1. The maximum atomic E-state index is 14.2. The number of amides is 1. The number of carbonyl (C=O) groups excluding carboxylic acids is 1. The number of hydrogen-bond acceptors (Lipinski definition) is 6. The van der Waals surface area contributed by atoms with Gasteiger partial charge in [-0.3, -0.25) is 14.9 Å². The van der Waals surface area contributed by atoms with Crippen molar-refractivity contribution in [2.75, 3.05) is 18.5 Å². The number of anilines is 1. The molecule has 0 aliphatic carbocycles. The molecule has 1 saturated heterocycles. The third-order valence-corrected chi connectivity index (χ3v) is 6.44. The summed E-state index contributed by atoms with van der Waals surface area (Å²) >= 11 is 1.03. The molecule has 0 saturated carbocycles. The molecule has 1 atom stereocenters. The SMILES string of the molecule is O=C(Nc1ccccc1OCC1CCCCO1)c1cc([N+](=O)[O-])ccc1Sc1ccccc1F. The molecular formula is C25H23FN2O5S. The molecule has 1 N–H and O–H groups in total. The third kappa shape index (κ3) is 5.92. The average molecular weight is 483 g/mol. The van der Waals surface area contributed by atoms with E-state index in [-0.39, 0.29) is 17.4 Å². The van der Waals surface area contributed by atoms with E-state index in [1.54, 1.807) is 42.5 Å². The molecule has 34 heavy (non-hydrogen) atoms. The minimum atomic E-state index is -0.574. The summed E-state index contributed by atoms with van der Waals surface area (Å²) in [5.41, 5.74) is 0.256. The Morgan fingerprint density at radius 2 is 1.91 bits per heavy atom. The summed E-state index contributed by atoms with van der Waals surface area (Å²) in [5, 5.41) is 14.1. The number of halogens is 1. The average Bonchev–Trinajstić information content (AvgIpc) is 2.85. The first kappa shape index (κ1) is 23.7. The number of benzene rings is 3. The van der Waals surface area contributed by atoms with Crippen molar-refractivity contribution in [3.8, 4) is 5.75 Å². The van der Waals surface area contributed by atoms with E-state index < -0.39 is 16.6 Å². The maximum absolute atomic E-state index is 14.2. The Bertz CT molecular complexity index is 1180. The molecule has 0 radical (unpaired) electrons. The normalized spacial score (nSPS) is 15.5. The molecule has 0 aromatic heterocycles. The summed E-state index contributed by atoms with van der Waals surface area (Å²) in [6.07, 6.45) is 3.04. The van der Waals surface area contributed by atoms with Crippen LogP contribution in [0, 0.1) is 15.9 Å². The van der Waals surface area contributed by atoms with E-state index in [2.05, 4.69) is 5.32 Å². The lowest BCUT2D eigenvalue weighted by atomic mass is 10.1. The largest absolute Gasteiger partial charge is 0.489 e. The van der Waals surface area contributed by atoms with Crippen molar-refractivity contribution < 1.29 is 23.6 Å². The highest BCUT2D eigenvalue weighted by atomic mass is 32.2. The molecule has 0 spiro atoms. The molecule has 1 heterocycles. The second kappa shape index (κ2) is 11.1.